The highest BCUT2D eigenvalue weighted by molar-refractivity contribution is 7.80. The molecule has 2 aliphatic carbocycles. The number of rotatable bonds is 8. The van der Waals surface area contributed by atoms with Gasteiger partial charge in [0.25, 0.3) is 0 Å². The Morgan fingerprint density at radius 3 is 1.58 bits per heavy atom. The Morgan fingerprint density at radius 1 is 0.712 bits per heavy atom. The molecule has 4 aromatic rings. The second-order valence-corrected chi connectivity index (χ2v) is 18.3. The predicted molar refractivity (Wildman–Crippen MR) is 252 cm³/mol. The van der Waals surface area contributed by atoms with E-state index in [1.54, 1.807) is 6.82 Å². The van der Waals surface area contributed by atoms with Gasteiger partial charge in [-0.25, -0.2) is 0 Å². The van der Waals surface area contributed by atoms with Crippen molar-refractivity contribution < 1.29 is 5.02 Å². The number of nitrogens with two attached hydrogens (primary N) is 1. The molecule has 0 bridgehead atoms. The first-order valence-electron chi connectivity index (χ1n) is 21.7. The Hall–Kier alpha value is -2.99. The second kappa shape index (κ2) is 20.3. The van der Waals surface area contributed by atoms with Gasteiger partial charge >= 0.3 is 7.05 Å². The molecule has 4 aliphatic rings. The topological polar surface area (TPSA) is 90.5 Å². The minimum Gasteiger partial charge on any atom is -0.437 e. The van der Waals surface area contributed by atoms with E-state index in [-0.39, 0.29) is 6.04 Å². The largest absolute Gasteiger partial charge is 0.437 e. The van der Waals surface area contributed by atoms with Gasteiger partial charge < -0.3 is 25.8 Å². The Balaban J connectivity index is 0.000000180. The van der Waals surface area contributed by atoms with Crippen LogP contribution in [0.25, 0.3) is 11.1 Å². The van der Waals surface area contributed by atoms with E-state index < -0.39 is 7.05 Å². The Kier molecular flexibility index (Phi) is 15.1. The van der Waals surface area contributed by atoms with Gasteiger partial charge in [-0.15, -0.1) is 0 Å². The summed E-state index contributed by atoms with van der Waals surface area (Å²) in [5, 5.41) is 14.6. The highest BCUT2D eigenvalue weighted by Gasteiger charge is 2.28. The van der Waals surface area contributed by atoms with Crippen LogP contribution < -0.4 is 11.0 Å². The molecule has 8 rings (SSSR count). The van der Waals surface area contributed by atoms with Crippen molar-refractivity contribution in [2.75, 3.05) is 45.0 Å². The smallest absolute Gasteiger partial charge is 0.373 e. The number of thiol groups is 1. The van der Waals surface area contributed by atoms with E-state index >= 15 is 0 Å². The van der Waals surface area contributed by atoms with Crippen LogP contribution in [0, 0.1) is 13.8 Å². The van der Waals surface area contributed by atoms with Crippen molar-refractivity contribution in [3.63, 3.8) is 0 Å². The summed E-state index contributed by atoms with van der Waals surface area (Å²) in [5.41, 5.74) is 24.6. The summed E-state index contributed by atoms with van der Waals surface area (Å²) in [5.74, 6) is 0.731. The fraction of sp³-hybridized carbons (Fsp3) is 0.458. The average Bonchev–Trinajstić information content (AvgIpc) is 3.48. The number of likely N-dealkylation sites (tertiary alicyclic amines) is 2. The average molecular weight is 852 g/mol. The van der Waals surface area contributed by atoms with Crippen LogP contribution in [0.1, 0.15) is 94.9 Å². The molecule has 2 aliphatic heterocycles. The standard InChI is InChI=1S/C25H33BClN3O.C23H28ClN3S/c1-4-22(29-26(3)31)16-30-11-9-18(10-12-30)24-23-8-7-21(27)14-19(23)5-6-20-13-17(2)15-28-25(20)24;1-15-10-18-3-2-17-11-19(24)4-5-21(17)22(23(18)26-12-15)16-6-8-27(9-7-16)13-20(25)14-28/h7-8,13-15,22,29,31H,4-6,9-12,16H2,1-3H3;4-5,10-12,20,28H,2-3,6-9,13-14,25H2,1H3/t;20-/m.1/s1. The number of halogens is 2. The van der Waals surface area contributed by atoms with Gasteiger partial charge in [0.1, 0.15) is 0 Å². The molecule has 4 N–H and O–H groups in total. The number of hydrogen-bond donors (Lipinski definition) is 4. The van der Waals surface area contributed by atoms with Gasteiger partial charge in [0.2, 0.25) is 0 Å². The molecule has 2 aromatic heterocycles. The molecule has 7 nitrogen and oxygen atoms in total. The lowest BCUT2D eigenvalue weighted by molar-refractivity contribution is 0.232. The first-order valence-corrected chi connectivity index (χ1v) is 23.1. The Labute approximate surface area is 368 Å². The fourth-order valence-electron chi connectivity index (χ4n) is 9.48. The van der Waals surface area contributed by atoms with E-state index in [0.29, 0.717) is 6.04 Å². The number of hydrogen-bond acceptors (Lipinski definition) is 8. The normalized spacial score (nSPS) is 18.1. The number of nitrogens with zero attached hydrogens (tertiary/aromatic N) is 4. The molecule has 11 heteroatoms. The van der Waals surface area contributed by atoms with Gasteiger partial charge in [0.15, 0.2) is 0 Å². The summed E-state index contributed by atoms with van der Waals surface area (Å²) in [4.78, 5) is 14.8. The van der Waals surface area contributed by atoms with Crippen molar-refractivity contribution in [2.24, 2.45) is 5.73 Å². The summed E-state index contributed by atoms with van der Waals surface area (Å²) < 4.78 is 0. The highest BCUT2D eigenvalue weighted by atomic mass is 35.5. The third-order valence-electron chi connectivity index (χ3n) is 12.5. The molecule has 0 spiro atoms. The molecule has 2 fully saturated rings. The Morgan fingerprint density at radius 2 is 1.15 bits per heavy atom. The highest BCUT2D eigenvalue weighted by Crippen LogP contribution is 2.40. The number of pyridine rings is 2. The summed E-state index contributed by atoms with van der Waals surface area (Å²) in [6, 6.07) is 17.8. The fourth-order valence-corrected chi connectivity index (χ4v) is 9.98. The van der Waals surface area contributed by atoms with Gasteiger partial charge in [-0.05, 0) is 147 Å². The molecule has 4 heterocycles. The number of piperidine rings is 2. The van der Waals surface area contributed by atoms with Crippen molar-refractivity contribution in [1.29, 1.82) is 0 Å². The summed E-state index contributed by atoms with van der Waals surface area (Å²) in [6.07, 6.45) is 13.3. The number of aryl methyl sites for hydroxylation is 6. The maximum atomic E-state index is 9.69. The van der Waals surface area contributed by atoms with E-state index in [2.05, 4.69) is 84.8 Å². The van der Waals surface area contributed by atoms with Crippen LogP contribution in [-0.4, -0.2) is 88.9 Å². The van der Waals surface area contributed by atoms with Crippen LogP contribution in [0.3, 0.4) is 0 Å². The maximum absolute atomic E-state index is 9.69. The van der Waals surface area contributed by atoms with Crippen molar-refractivity contribution in [3.8, 4) is 0 Å². The lowest BCUT2D eigenvalue weighted by Gasteiger charge is -2.33. The molecule has 0 radical (unpaired) electrons. The third kappa shape index (κ3) is 10.9. The quantitative estimate of drug-likeness (QED) is 0.104. The van der Waals surface area contributed by atoms with Crippen molar-refractivity contribution in [2.45, 2.75) is 97.5 Å². The second-order valence-electron chi connectivity index (χ2n) is 17.1. The van der Waals surface area contributed by atoms with E-state index in [0.717, 1.165) is 119 Å². The number of nitrogens with one attached hydrogen (secondary N) is 1. The van der Waals surface area contributed by atoms with Crippen LogP contribution in [0.2, 0.25) is 16.9 Å². The minimum absolute atomic E-state index is 0.142. The van der Waals surface area contributed by atoms with Gasteiger partial charge in [-0.3, -0.25) is 9.97 Å². The van der Waals surface area contributed by atoms with E-state index in [1.165, 1.54) is 72.5 Å². The monoisotopic (exact) mass is 850 g/mol. The molecule has 2 saturated heterocycles. The number of aromatic nitrogens is 2. The predicted octanol–water partition coefficient (Wildman–Crippen LogP) is 8.82. The summed E-state index contributed by atoms with van der Waals surface area (Å²) in [7, 11) is -0.465. The van der Waals surface area contributed by atoms with Gasteiger partial charge in [-0.1, -0.05) is 65.5 Å². The summed E-state index contributed by atoms with van der Waals surface area (Å²) in [6.45, 7) is 14.3. The van der Waals surface area contributed by atoms with Crippen molar-refractivity contribution in [3.05, 3.63) is 138 Å². The minimum atomic E-state index is -0.465. The van der Waals surface area contributed by atoms with Crippen LogP contribution in [0.5, 0.6) is 0 Å². The molecule has 2 aromatic carbocycles. The third-order valence-corrected chi connectivity index (χ3v) is 13.4. The molecule has 0 amide bonds. The van der Waals surface area contributed by atoms with Crippen LogP contribution in [0.4, 0.5) is 0 Å². The number of benzene rings is 2. The molecular weight excluding hydrogens is 790 g/mol. The SMILES string of the molecule is CCC(CN1CCC(=C2c3ccc(Cl)cc3CCc3cc(C)cnc32)CC1)NB(C)O.Cc1cnc2c(c1)CCc1cc(Cl)ccc1C2=C1CCN(C[C@@H](N)CS)CC1. The molecule has 1 unspecified atom stereocenters. The molecule has 59 heavy (non-hydrogen) atoms. The summed E-state index contributed by atoms with van der Waals surface area (Å²) >= 11 is 17.0. The van der Waals surface area contributed by atoms with Gasteiger partial charge in [-0.2, -0.15) is 12.6 Å². The van der Waals surface area contributed by atoms with Crippen molar-refractivity contribution >= 4 is 54.0 Å². The zero-order valence-corrected chi connectivity index (χ0v) is 37.7. The first-order chi connectivity index (χ1) is 28.5. The zero-order chi connectivity index (χ0) is 41.6. The van der Waals surface area contributed by atoms with Gasteiger partial charge in [0, 0.05) is 90.7 Å². The lowest BCUT2D eigenvalue weighted by atomic mass is 9.86. The molecular formula is C48H61BCl2N6OS. The van der Waals surface area contributed by atoms with E-state index in [9.17, 15) is 5.02 Å². The van der Waals surface area contributed by atoms with Crippen LogP contribution in [0.15, 0.2) is 72.1 Å². The number of fused-ring (bicyclic) bond motifs is 4. The van der Waals surface area contributed by atoms with E-state index in [1.807, 2.05) is 24.5 Å². The first kappa shape index (κ1) is 44.1. The lowest BCUT2D eigenvalue weighted by Crippen LogP contribution is -2.47. The molecule has 2 atom stereocenters. The van der Waals surface area contributed by atoms with Crippen LogP contribution in [-0.2, 0) is 25.7 Å². The zero-order valence-electron chi connectivity index (χ0n) is 35.3. The van der Waals surface area contributed by atoms with E-state index in [4.69, 9.17) is 38.9 Å². The molecule has 0 saturated carbocycles. The Bertz CT molecular complexity index is 2060. The van der Waals surface area contributed by atoms with Gasteiger partial charge in [0.05, 0.1) is 11.4 Å². The maximum Gasteiger partial charge on any atom is 0.373 e. The van der Waals surface area contributed by atoms with Crippen molar-refractivity contribution in [1.82, 2.24) is 25.0 Å². The van der Waals surface area contributed by atoms with Crippen LogP contribution >= 0.6 is 35.8 Å². The molecule has 312 valence electrons.